The molecule has 0 aliphatic carbocycles. The van der Waals surface area contributed by atoms with Gasteiger partial charge < -0.3 is 20.1 Å². The van der Waals surface area contributed by atoms with E-state index in [1.807, 2.05) is 30.3 Å². The van der Waals surface area contributed by atoms with E-state index in [1.165, 1.54) is 4.90 Å². The molecule has 1 atom stereocenters. The van der Waals surface area contributed by atoms with Crippen molar-refractivity contribution in [3.8, 4) is 11.5 Å². The number of ether oxygens (including phenoxy) is 2. The van der Waals surface area contributed by atoms with Gasteiger partial charge in [0.25, 0.3) is 11.8 Å². The van der Waals surface area contributed by atoms with Crippen LogP contribution in [-0.2, 0) is 16.0 Å². The highest BCUT2D eigenvalue weighted by Gasteiger charge is 2.32. The summed E-state index contributed by atoms with van der Waals surface area (Å²) in [5.74, 6) is 0.309. The average Bonchev–Trinajstić information content (AvgIpc) is 2.87. The number of nitrogens with one attached hydrogen (secondary N) is 2. The van der Waals surface area contributed by atoms with E-state index in [0.29, 0.717) is 35.7 Å². The molecule has 0 aromatic heterocycles. The smallest absolute Gasteiger partial charge is 0.268 e. The molecule has 4 rings (SSSR count). The summed E-state index contributed by atoms with van der Waals surface area (Å²) in [5.41, 5.74) is 2.33. The topological polar surface area (TPSA) is 97.0 Å². The Hall–Kier alpha value is -4.33. The molecule has 1 aliphatic rings. The Morgan fingerprint density at radius 3 is 2.49 bits per heavy atom. The van der Waals surface area contributed by atoms with Crippen LogP contribution in [0.25, 0.3) is 0 Å². The van der Waals surface area contributed by atoms with Crippen LogP contribution in [-0.4, -0.2) is 44.0 Å². The van der Waals surface area contributed by atoms with Gasteiger partial charge in [-0.1, -0.05) is 36.4 Å². The highest BCUT2D eigenvalue weighted by molar-refractivity contribution is 6.08. The molecule has 35 heavy (non-hydrogen) atoms. The number of amides is 3. The van der Waals surface area contributed by atoms with Gasteiger partial charge in [-0.3, -0.25) is 19.3 Å². The van der Waals surface area contributed by atoms with Gasteiger partial charge in [0.15, 0.2) is 6.10 Å². The molecular formula is C27H27N3O5. The van der Waals surface area contributed by atoms with Gasteiger partial charge in [-0.2, -0.15) is 0 Å². The number of hydrogen-bond acceptors (Lipinski definition) is 5. The van der Waals surface area contributed by atoms with Gasteiger partial charge in [-0.05, 0) is 55.3 Å². The van der Waals surface area contributed by atoms with Crippen LogP contribution >= 0.6 is 0 Å². The summed E-state index contributed by atoms with van der Waals surface area (Å²) < 4.78 is 10.8. The number of hydrogen-bond donors (Lipinski definition) is 2. The maximum absolute atomic E-state index is 12.9. The fraction of sp³-hybridized carbons (Fsp3) is 0.222. The summed E-state index contributed by atoms with van der Waals surface area (Å²) in [6, 6.07) is 21.5. The molecule has 1 heterocycles. The fourth-order valence-electron chi connectivity index (χ4n) is 3.85. The molecule has 8 heteroatoms. The Kier molecular flexibility index (Phi) is 7.30. The molecule has 0 saturated heterocycles. The maximum atomic E-state index is 12.9. The van der Waals surface area contributed by atoms with Gasteiger partial charge in [-0.25, -0.2) is 0 Å². The van der Waals surface area contributed by atoms with Crippen LogP contribution < -0.4 is 25.0 Å². The first-order valence-corrected chi connectivity index (χ1v) is 11.3. The Balaban J connectivity index is 1.39. The summed E-state index contributed by atoms with van der Waals surface area (Å²) in [6.45, 7) is 1.89. The molecule has 2 N–H and O–H groups in total. The van der Waals surface area contributed by atoms with Crippen molar-refractivity contribution in [3.63, 3.8) is 0 Å². The third-order valence-electron chi connectivity index (χ3n) is 5.68. The van der Waals surface area contributed by atoms with E-state index in [-0.39, 0.29) is 18.4 Å². The standard InChI is InChI=1S/C27H27N3O5/c1-18-27(33)30(23-9-5-6-10-24(23)35-18)17-25(31)29-22-8-4-3-7-21(22)26(32)28-16-15-19-11-13-20(34-2)14-12-19/h3-14,18H,15-17H2,1-2H3,(H,28,32)(H,29,31)/t18-/m0/s1. The summed E-state index contributed by atoms with van der Waals surface area (Å²) in [5, 5.41) is 5.67. The van der Waals surface area contributed by atoms with Crippen molar-refractivity contribution in [3.05, 3.63) is 83.9 Å². The minimum atomic E-state index is -0.693. The lowest BCUT2D eigenvalue weighted by Gasteiger charge is -2.32. The number of nitrogens with zero attached hydrogens (tertiary/aromatic N) is 1. The van der Waals surface area contributed by atoms with E-state index in [0.717, 1.165) is 11.3 Å². The molecule has 3 aromatic carbocycles. The summed E-state index contributed by atoms with van der Waals surface area (Å²) in [7, 11) is 1.61. The van der Waals surface area contributed by atoms with Gasteiger partial charge in [0.2, 0.25) is 5.91 Å². The lowest BCUT2D eigenvalue weighted by atomic mass is 10.1. The van der Waals surface area contributed by atoms with Crippen LogP contribution in [0, 0.1) is 0 Å². The summed E-state index contributed by atoms with van der Waals surface area (Å²) in [4.78, 5) is 39.8. The van der Waals surface area contributed by atoms with Crippen molar-refractivity contribution in [2.24, 2.45) is 0 Å². The Morgan fingerprint density at radius 2 is 1.71 bits per heavy atom. The third kappa shape index (κ3) is 5.60. The zero-order chi connectivity index (χ0) is 24.8. The van der Waals surface area contributed by atoms with Crippen LogP contribution in [0.15, 0.2) is 72.8 Å². The molecule has 0 bridgehead atoms. The second kappa shape index (κ2) is 10.7. The number of anilines is 2. The molecule has 8 nitrogen and oxygen atoms in total. The normalized spacial score (nSPS) is 14.5. The second-order valence-corrected chi connectivity index (χ2v) is 8.10. The first kappa shape index (κ1) is 23.8. The fourth-order valence-corrected chi connectivity index (χ4v) is 3.85. The zero-order valence-electron chi connectivity index (χ0n) is 19.6. The predicted octanol–water partition coefficient (Wildman–Crippen LogP) is 3.42. The molecule has 3 amide bonds. The number of benzene rings is 3. The minimum Gasteiger partial charge on any atom is -0.497 e. The first-order valence-electron chi connectivity index (χ1n) is 11.3. The van der Waals surface area contributed by atoms with Crippen LogP contribution in [0.1, 0.15) is 22.8 Å². The Bertz CT molecular complexity index is 1230. The molecule has 3 aromatic rings. The third-order valence-corrected chi connectivity index (χ3v) is 5.68. The van der Waals surface area contributed by atoms with Gasteiger partial charge in [0.05, 0.1) is 24.0 Å². The number of methoxy groups -OCH3 is 1. The van der Waals surface area contributed by atoms with E-state index in [9.17, 15) is 14.4 Å². The van der Waals surface area contributed by atoms with Crippen molar-refractivity contribution in [2.45, 2.75) is 19.4 Å². The van der Waals surface area contributed by atoms with E-state index >= 15 is 0 Å². The van der Waals surface area contributed by atoms with E-state index < -0.39 is 12.0 Å². The molecule has 1 aliphatic heterocycles. The van der Waals surface area contributed by atoms with Crippen LogP contribution in [0.2, 0.25) is 0 Å². The van der Waals surface area contributed by atoms with Crippen molar-refractivity contribution >= 4 is 29.1 Å². The quantitative estimate of drug-likeness (QED) is 0.523. The molecule has 0 radical (unpaired) electrons. The van der Waals surface area contributed by atoms with Gasteiger partial charge in [0, 0.05) is 6.54 Å². The summed E-state index contributed by atoms with van der Waals surface area (Å²) >= 11 is 0. The SMILES string of the molecule is COc1ccc(CCNC(=O)c2ccccc2NC(=O)CN2C(=O)[C@H](C)Oc3ccccc32)cc1. The Labute approximate surface area is 203 Å². The number of para-hydroxylation sites is 3. The highest BCUT2D eigenvalue weighted by Crippen LogP contribution is 2.33. The zero-order valence-corrected chi connectivity index (χ0v) is 19.6. The van der Waals surface area contributed by atoms with E-state index in [2.05, 4.69) is 10.6 Å². The Morgan fingerprint density at radius 1 is 1.00 bits per heavy atom. The molecule has 180 valence electrons. The maximum Gasteiger partial charge on any atom is 0.268 e. The van der Waals surface area contributed by atoms with Gasteiger partial charge in [0.1, 0.15) is 18.0 Å². The highest BCUT2D eigenvalue weighted by atomic mass is 16.5. The molecule has 0 spiro atoms. The predicted molar refractivity (Wildman–Crippen MR) is 133 cm³/mol. The second-order valence-electron chi connectivity index (χ2n) is 8.10. The molecule has 0 unspecified atom stereocenters. The number of rotatable bonds is 8. The van der Waals surface area contributed by atoms with E-state index in [4.69, 9.17) is 9.47 Å². The van der Waals surface area contributed by atoms with Crippen LogP contribution in [0.5, 0.6) is 11.5 Å². The molecule has 0 fully saturated rings. The number of carbonyl (C=O) groups is 3. The average molecular weight is 474 g/mol. The summed E-state index contributed by atoms with van der Waals surface area (Å²) in [6.07, 6.45) is -0.0393. The minimum absolute atomic E-state index is 0.197. The van der Waals surface area contributed by atoms with Crippen LogP contribution in [0.3, 0.4) is 0 Å². The lowest BCUT2D eigenvalue weighted by molar-refractivity contribution is -0.127. The van der Waals surface area contributed by atoms with Gasteiger partial charge >= 0.3 is 0 Å². The van der Waals surface area contributed by atoms with E-state index in [1.54, 1.807) is 56.5 Å². The van der Waals surface area contributed by atoms with Crippen molar-refractivity contribution < 1.29 is 23.9 Å². The van der Waals surface area contributed by atoms with Crippen molar-refractivity contribution in [1.29, 1.82) is 0 Å². The first-order chi connectivity index (χ1) is 17.0. The van der Waals surface area contributed by atoms with Crippen LogP contribution in [0.4, 0.5) is 11.4 Å². The molecule has 0 saturated carbocycles. The number of carbonyl (C=O) groups excluding carboxylic acids is 3. The lowest BCUT2D eigenvalue weighted by Crippen LogP contribution is -2.47. The van der Waals surface area contributed by atoms with Crippen molar-refractivity contribution in [2.75, 3.05) is 30.4 Å². The largest absolute Gasteiger partial charge is 0.497 e. The number of fused-ring (bicyclic) bond motifs is 1. The molecular weight excluding hydrogens is 446 g/mol. The monoisotopic (exact) mass is 473 g/mol. The van der Waals surface area contributed by atoms with Gasteiger partial charge in [-0.15, -0.1) is 0 Å². The van der Waals surface area contributed by atoms with Crippen molar-refractivity contribution in [1.82, 2.24) is 5.32 Å².